The monoisotopic (exact) mass is 313 g/mol. The fourth-order valence-corrected chi connectivity index (χ4v) is 2.37. The number of fused-ring (bicyclic) bond motifs is 1. The number of furan rings is 1. The van der Waals surface area contributed by atoms with Gasteiger partial charge in [-0.25, -0.2) is 4.39 Å². The molecule has 1 N–H and O–H groups in total. The van der Waals surface area contributed by atoms with Gasteiger partial charge in [0.05, 0.1) is 13.2 Å². The molecule has 23 heavy (non-hydrogen) atoms. The number of halogens is 1. The summed E-state index contributed by atoms with van der Waals surface area (Å²) in [6, 6.07) is 13.3. The zero-order valence-electron chi connectivity index (χ0n) is 12.8. The molecule has 1 atom stereocenters. The van der Waals surface area contributed by atoms with E-state index in [9.17, 15) is 9.18 Å². The van der Waals surface area contributed by atoms with Crippen molar-refractivity contribution in [2.75, 3.05) is 7.11 Å². The van der Waals surface area contributed by atoms with Gasteiger partial charge in [-0.15, -0.1) is 0 Å². The minimum absolute atomic E-state index is 0.104. The Hall–Kier alpha value is -2.82. The van der Waals surface area contributed by atoms with Gasteiger partial charge in [0.15, 0.2) is 11.6 Å². The van der Waals surface area contributed by atoms with Gasteiger partial charge in [0.25, 0.3) is 5.91 Å². The number of hydrogen-bond donors (Lipinski definition) is 1. The maximum atomic E-state index is 13.7. The van der Waals surface area contributed by atoms with Crippen LogP contribution in [0.3, 0.4) is 0 Å². The Kier molecular flexibility index (Phi) is 4.02. The third-order valence-corrected chi connectivity index (χ3v) is 3.63. The van der Waals surface area contributed by atoms with Gasteiger partial charge in [-0.3, -0.25) is 4.79 Å². The highest BCUT2D eigenvalue weighted by atomic mass is 19.1. The van der Waals surface area contributed by atoms with Crippen molar-refractivity contribution in [3.8, 4) is 5.75 Å². The van der Waals surface area contributed by atoms with Crippen LogP contribution in [0.2, 0.25) is 0 Å². The molecule has 0 unspecified atom stereocenters. The van der Waals surface area contributed by atoms with Crippen LogP contribution in [0, 0.1) is 5.82 Å². The summed E-state index contributed by atoms with van der Waals surface area (Å²) in [5.74, 6) is -0.198. The van der Waals surface area contributed by atoms with E-state index < -0.39 is 5.82 Å². The maximum Gasteiger partial charge on any atom is 0.251 e. The highest BCUT2D eigenvalue weighted by Gasteiger charge is 2.16. The molecule has 1 aromatic heterocycles. The van der Waals surface area contributed by atoms with Crippen LogP contribution in [0.25, 0.3) is 11.0 Å². The van der Waals surface area contributed by atoms with Gasteiger partial charge in [0.1, 0.15) is 11.3 Å². The molecule has 1 heterocycles. The van der Waals surface area contributed by atoms with Crippen molar-refractivity contribution in [3.63, 3.8) is 0 Å². The fourth-order valence-electron chi connectivity index (χ4n) is 2.37. The summed E-state index contributed by atoms with van der Waals surface area (Å²) in [6.45, 7) is 1.81. The van der Waals surface area contributed by atoms with Gasteiger partial charge in [0.2, 0.25) is 0 Å². The molecule has 0 radical (unpaired) electrons. The lowest BCUT2D eigenvalue weighted by molar-refractivity contribution is 0.0935. The van der Waals surface area contributed by atoms with Crippen LogP contribution in [0.5, 0.6) is 5.75 Å². The third-order valence-electron chi connectivity index (χ3n) is 3.63. The Morgan fingerprint density at radius 1 is 1.22 bits per heavy atom. The molecule has 2 aromatic carbocycles. The average molecular weight is 313 g/mol. The molecule has 3 aromatic rings. The first-order chi connectivity index (χ1) is 11.1. The van der Waals surface area contributed by atoms with Crippen molar-refractivity contribution in [2.24, 2.45) is 0 Å². The maximum absolute atomic E-state index is 13.7. The van der Waals surface area contributed by atoms with Crippen LogP contribution >= 0.6 is 0 Å². The Labute approximate surface area is 132 Å². The molecule has 0 saturated heterocycles. The highest BCUT2D eigenvalue weighted by molar-refractivity contribution is 5.94. The molecule has 0 saturated carbocycles. The molecule has 3 rings (SSSR count). The predicted octanol–water partition coefficient (Wildman–Crippen LogP) is 4.07. The van der Waals surface area contributed by atoms with E-state index >= 15 is 0 Å². The molecule has 0 aliphatic heterocycles. The number of rotatable bonds is 4. The minimum Gasteiger partial charge on any atom is -0.494 e. The molecule has 0 aliphatic rings. The van der Waals surface area contributed by atoms with Gasteiger partial charge >= 0.3 is 0 Å². The summed E-state index contributed by atoms with van der Waals surface area (Å²) in [5, 5.41) is 3.77. The van der Waals surface area contributed by atoms with Crippen molar-refractivity contribution in [2.45, 2.75) is 13.0 Å². The van der Waals surface area contributed by atoms with Crippen LogP contribution in [-0.4, -0.2) is 13.0 Å². The molecular formula is C18H16FNO3. The number of benzene rings is 2. The molecule has 5 heteroatoms. The second-order valence-electron chi connectivity index (χ2n) is 5.23. The number of ether oxygens (including phenoxy) is 1. The summed E-state index contributed by atoms with van der Waals surface area (Å²) >= 11 is 0. The summed E-state index contributed by atoms with van der Waals surface area (Å²) in [4.78, 5) is 12.2. The lowest BCUT2D eigenvalue weighted by Crippen LogP contribution is -2.26. The SMILES string of the molecule is COc1ccc(C(=O)N[C@H](C)c2cc3ccccc3o2)cc1F. The second kappa shape index (κ2) is 6.12. The smallest absolute Gasteiger partial charge is 0.251 e. The van der Waals surface area contributed by atoms with Crippen LogP contribution < -0.4 is 10.1 Å². The Morgan fingerprint density at radius 2 is 2.00 bits per heavy atom. The number of hydrogen-bond acceptors (Lipinski definition) is 3. The summed E-state index contributed by atoms with van der Waals surface area (Å²) in [6.07, 6.45) is 0. The van der Waals surface area contributed by atoms with E-state index in [4.69, 9.17) is 9.15 Å². The van der Waals surface area contributed by atoms with E-state index in [1.165, 1.54) is 19.2 Å². The Morgan fingerprint density at radius 3 is 2.70 bits per heavy atom. The van der Waals surface area contributed by atoms with Gasteiger partial charge in [-0.2, -0.15) is 0 Å². The van der Waals surface area contributed by atoms with Crippen molar-refractivity contribution in [1.82, 2.24) is 5.32 Å². The molecule has 4 nitrogen and oxygen atoms in total. The summed E-state index contributed by atoms with van der Waals surface area (Å²) < 4.78 is 24.2. The normalized spacial score (nSPS) is 12.1. The van der Waals surface area contributed by atoms with E-state index in [0.717, 1.165) is 17.0 Å². The number of carbonyl (C=O) groups is 1. The van der Waals surface area contributed by atoms with Crippen molar-refractivity contribution >= 4 is 16.9 Å². The van der Waals surface area contributed by atoms with Gasteiger partial charge in [-0.1, -0.05) is 18.2 Å². The lowest BCUT2D eigenvalue weighted by Gasteiger charge is -2.12. The molecule has 0 spiro atoms. The number of para-hydroxylation sites is 1. The molecule has 0 bridgehead atoms. The van der Waals surface area contributed by atoms with Crippen LogP contribution in [0.4, 0.5) is 4.39 Å². The van der Waals surface area contributed by atoms with E-state index in [1.807, 2.05) is 37.3 Å². The molecule has 118 valence electrons. The van der Waals surface area contributed by atoms with Crippen molar-refractivity contribution < 1.29 is 18.3 Å². The molecular weight excluding hydrogens is 297 g/mol. The number of carbonyl (C=O) groups excluding carboxylic acids is 1. The van der Waals surface area contributed by atoms with Crippen LogP contribution in [0.1, 0.15) is 29.1 Å². The van der Waals surface area contributed by atoms with Gasteiger partial charge < -0.3 is 14.5 Å². The zero-order valence-corrected chi connectivity index (χ0v) is 12.8. The fraction of sp³-hybridized carbons (Fsp3) is 0.167. The quantitative estimate of drug-likeness (QED) is 0.790. The van der Waals surface area contributed by atoms with Gasteiger partial charge in [0, 0.05) is 10.9 Å². The molecule has 1 amide bonds. The molecule has 0 fully saturated rings. The van der Waals surface area contributed by atoms with Crippen LogP contribution in [-0.2, 0) is 0 Å². The standard InChI is InChI=1S/C18H16FNO3/c1-11(17-10-12-5-3-4-6-15(12)23-17)20-18(21)13-7-8-16(22-2)14(19)9-13/h3-11H,1-2H3,(H,20,21)/t11-/m1/s1. The second-order valence-corrected chi connectivity index (χ2v) is 5.23. The number of methoxy groups -OCH3 is 1. The lowest BCUT2D eigenvalue weighted by atomic mass is 10.1. The first-order valence-corrected chi connectivity index (χ1v) is 7.21. The van der Waals surface area contributed by atoms with E-state index in [1.54, 1.807) is 0 Å². The predicted molar refractivity (Wildman–Crippen MR) is 85.0 cm³/mol. The zero-order chi connectivity index (χ0) is 16.4. The van der Waals surface area contributed by atoms with Gasteiger partial charge in [-0.05, 0) is 37.3 Å². The number of amides is 1. The van der Waals surface area contributed by atoms with Crippen LogP contribution in [0.15, 0.2) is 52.9 Å². The highest BCUT2D eigenvalue weighted by Crippen LogP contribution is 2.24. The summed E-state index contributed by atoms with van der Waals surface area (Å²) in [7, 11) is 1.38. The Balaban J connectivity index is 1.77. The van der Waals surface area contributed by atoms with E-state index in [-0.39, 0.29) is 23.3 Å². The molecule has 0 aliphatic carbocycles. The minimum atomic E-state index is -0.573. The van der Waals surface area contributed by atoms with Crippen molar-refractivity contribution in [1.29, 1.82) is 0 Å². The van der Waals surface area contributed by atoms with Crippen molar-refractivity contribution in [3.05, 3.63) is 65.7 Å². The first kappa shape index (κ1) is 15.1. The Bertz CT molecular complexity index is 823. The third kappa shape index (κ3) is 3.04. The summed E-state index contributed by atoms with van der Waals surface area (Å²) in [5.41, 5.74) is 0.991. The largest absolute Gasteiger partial charge is 0.494 e. The van der Waals surface area contributed by atoms with E-state index in [2.05, 4.69) is 5.32 Å². The average Bonchev–Trinajstić information content (AvgIpc) is 2.99. The van der Waals surface area contributed by atoms with E-state index in [0.29, 0.717) is 5.76 Å². The number of nitrogens with one attached hydrogen (secondary N) is 1. The first-order valence-electron chi connectivity index (χ1n) is 7.21. The topological polar surface area (TPSA) is 51.5 Å².